The fourth-order valence-corrected chi connectivity index (χ4v) is 5.20. The summed E-state index contributed by atoms with van der Waals surface area (Å²) in [6, 6.07) is 11.4. The SMILES string of the molecule is CCOc1ccc(C2C(C(=O)OCCOC)=C(C)N=c3s/c(=C\c4ccc(O)c(OCC)c4)c(=O)n32)cc1. The predicted molar refractivity (Wildman–Crippen MR) is 143 cm³/mol. The molecule has 2 heterocycles. The smallest absolute Gasteiger partial charge is 0.338 e. The molecule has 1 aliphatic heterocycles. The van der Waals surface area contributed by atoms with Gasteiger partial charge in [-0.2, -0.15) is 0 Å². The van der Waals surface area contributed by atoms with E-state index in [1.165, 1.54) is 29.1 Å². The van der Waals surface area contributed by atoms with Crippen LogP contribution in [0.15, 0.2) is 63.5 Å². The molecule has 1 atom stereocenters. The van der Waals surface area contributed by atoms with Gasteiger partial charge in [0, 0.05) is 7.11 Å². The molecule has 3 aromatic rings. The van der Waals surface area contributed by atoms with Crippen molar-refractivity contribution in [1.82, 2.24) is 4.57 Å². The number of methoxy groups -OCH3 is 1. The zero-order valence-corrected chi connectivity index (χ0v) is 22.5. The molecule has 10 heteroatoms. The molecule has 2 aromatic carbocycles. The van der Waals surface area contributed by atoms with Gasteiger partial charge in [-0.05, 0) is 62.2 Å². The number of thiazole rings is 1. The minimum Gasteiger partial charge on any atom is -0.504 e. The zero-order valence-electron chi connectivity index (χ0n) is 21.7. The Kier molecular flexibility index (Phi) is 8.65. The monoisotopic (exact) mass is 538 g/mol. The van der Waals surface area contributed by atoms with Gasteiger partial charge in [0.25, 0.3) is 5.56 Å². The van der Waals surface area contributed by atoms with Gasteiger partial charge >= 0.3 is 5.97 Å². The van der Waals surface area contributed by atoms with Crippen LogP contribution in [0.25, 0.3) is 6.08 Å². The summed E-state index contributed by atoms with van der Waals surface area (Å²) in [6.45, 7) is 6.71. The Hall–Kier alpha value is -3.89. The number of nitrogens with zero attached hydrogens (tertiary/aromatic N) is 2. The number of phenols is 1. The maximum atomic E-state index is 13.8. The third-order valence-corrected chi connectivity index (χ3v) is 6.83. The lowest BCUT2D eigenvalue weighted by Crippen LogP contribution is -2.40. The maximum Gasteiger partial charge on any atom is 0.338 e. The van der Waals surface area contributed by atoms with Gasteiger partial charge in [-0.1, -0.05) is 29.5 Å². The van der Waals surface area contributed by atoms with Crippen molar-refractivity contribution in [3.63, 3.8) is 0 Å². The van der Waals surface area contributed by atoms with Crippen molar-refractivity contribution in [3.8, 4) is 17.2 Å². The quantitative estimate of drug-likeness (QED) is 0.312. The summed E-state index contributed by atoms with van der Waals surface area (Å²) in [5, 5.41) is 10.0. The van der Waals surface area contributed by atoms with Gasteiger partial charge in [0.1, 0.15) is 12.4 Å². The molecular formula is C28H30N2O7S. The van der Waals surface area contributed by atoms with Crippen LogP contribution in [0.3, 0.4) is 0 Å². The van der Waals surface area contributed by atoms with E-state index in [0.717, 1.165) is 5.56 Å². The number of benzene rings is 2. The minimum atomic E-state index is -0.738. The van der Waals surface area contributed by atoms with E-state index in [1.807, 2.05) is 38.1 Å². The number of fused-ring (bicyclic) bond motifs is 1. The molecule has 0 fully saturated rings. The first-order valence-corrected chi connectivity index (χ1v) is 13.1. The van der Waals surface area contributed by atoms with Crippen molar-refractivity contribution < 1.29 is 28.8 Å². The normalized spacial score (nSPS) is 15.2. The van der Waals surface area contributed by atoms with E-state index < -0.39 is 12.0 Å². The number of carbonyl (C=O) groups is 1. The van der Waals surface area contributed by atoms with Crippen molar-refractivity contribution in [2.45, 2.75) is 26.8 Å². The Labute approximate surface area is 223 Å². The lowest BCUT2D eigenvalue weighted by atomic mass is 9.96. The molecule has 0 aliphatic carbocycles. The number of rotatable bonds is 10. The highest BCUT2D eigenvalue weighted by molar-refractivity contribution is 7.07. The van der Waals surface area contributed by atoms with Crippen molar-refractivity contribution in [2.75, 3.05) is 33.5 Å². The van der Waals surface area contributed by atoms with Crippen LogP contribution in [-0.4, -0.2) is 49.2 Å². The molecule has 0 bridgehead atoms. The molecule has 0 saturated carbocycles. The average Bonchev–Trinajstić information content (AvgIpc) is 3.20. The molecule has 200 valence electrons. The van der Waals surface area contributed by atoms with Gasteiger partial charge in [-0.3, -0.25) is 9.36 Å². The first-order valence-electron chi connectivity index (χ1n) is 12.2. The van der Waals surface area contributed by atoms with Crippen LogP contribution in [-0.2, 0) is 14.3 Å². The van der Waals surface area contributed by atoms with Gasteiger partial charge in [0.2, 0.25) is 0 Å². The van der Waals surface area contributed by atoms with Crippen molar-refractivity contribution in [2.24, 2.45) is 4.99 Å². The van der Waals surface area contributed by atoms with E-state index in [-0.39, 0.29) is 30.1 Å². The maximum absolute atomic E-state index is 13.8. The molecule has 1 unspecified atom stereocenters. The molecule has 1 aliphatic rings. The number of allylic oxidation sites excluding steroid dienone is 1. The van der Waals surface area contributed by atoms with E-state index in [4.69, 9.17) is 18.9 Å². The third-order valence-electron chi connectivity index (χ3n) is 5.85. The number of phenolic OH excluding ortho intramolecular Hbond substituents is 1. The molecule has 1 N–H and O–H groups in total. The first kappa shape index (κ1) is 27.2. The molecule has 1 aromatic heterocycles. The number of aromatic nitrogens is 1. The fraction of sp³-hybridized carbons (Fsp3) is 0.321. The van der Waals surface area contributed by atoms with Crippen molar-refractivity contribution in [1.29, 1.82) is 0 Å². The van der Waals surface area contributed by atoms with Crippen LogP contribution in [0.5, 0.6) is 17.2 Å². The molecule has 38 heavy (non-hydrogen) atoms. The number of hydrogen-bond acceptors (Lipinski definition) is 9. The molecule has 0 amide bonds. The molecule has 9 nitrogen and oxygen atoms in total. The first-order chi connectivity index (χ1) is 18.4. The molecular weight excluding hydrogens is 508 g/mol. The van der Waals surface area contributed by atoms with Crippen LogP contribution in [0.4, 0.5) is 0 Å². The van der Waals surface area contributed by atoms with E-state index in [2.05, 4.69) is 4.99 Å². The predicted octanol–water partition coefficient (Wildman–Crippen LogP) is 2.93. The number of carbonyl (C=O) groups excluding carboxylic acids is 1. The molecule has 4 rings (SSSR count). The summed E-state index contributed by atoms with van der Waals surface area (Å²) in [7, 11) is 1.53. The Bertz CT molecular complexity index is 1520. The molecule has 0 radical (unpaired) electrons. The highest BCUT2D eigenvalue weighted by Crippen LogP contribution is 2.32. The van der Waals surface area contributed by atoms with E-state index in [9.17, 15) is 14.7 Å². The second kappa shape index (κ2) is 12.1. The van der Waals surface area contributed by atoms with Crippen LogP contribution in [0.2, 0.25) is 0 Å². The van der Waals surface area contributed by atoms with Gasteiger partial charge < -0.3 is 24.1 Å². The minimum absolute atomic E-state index is 0.0215. The van der Waals surface area contributed by atoms with Gasteiger partial charge in [0.15, 0.2) is 16.3 Å². The van der Waals surface area contributed by atoms with Crippen molar-refractivity contribution in [3.05, 3.63) is 84.5 Å². The highest BCUT2D eigenvalue weighted by Gasteiger charge is 2.33. The average molecular weight is 539 g/mol. The van der Waals surface area contributed by atoms with Gasteiger partial charge in [-0.25, -0.2) is 9.79 Å². The number of ether oxygens (including phenoxy) is 4. The standard InChI is InChI=1S/C28H30N2O7S/c1-5-35-20-10-8-19(9-11-20)25-24(27(33)37-14-13-34-4)17(3)29-28-30(25)26(32)23(38-28)16-18-7-12-21(31)22(15-18)36-6-2/h7-12,15-16,25,31H,5-6,13-14H2,1-4H3/b23-16-. The Balaban J connectivity index is 1.85. The third kappa shape index (κ3) is 5.66. The summed E-state index contributed by atoms with van der Waals surface area (Å²) >= 11 is 1.22. The Morgan fingerprint density at radius 2 is 1.84 bits per heavy atom. The Morgan fingerprint density at radius 1 is 1.11 bits per heavy atom. The second-order valence-electron chi connectivity index (χ2n) is 8.37. The molecule has 0 saturated heterocycles. The lowest BCUT2D eigenvalue weighted by Gasteiger charge is -2.25. The van der Waals surface area contributed by atoms with Crippen LogP contribution in [0, 0.1) is 0 Å². The van der Waals surface area contributed by atoms with E-state index >= 15 is 0 Å². The van der Waals surface area contributed by atoms with Crippen LogP contribution < -0.4 is 24.4 Å². The van der Waals surface area contributed by atoms with Crippen LogP contribution >= 0.6 is 11.3 Å². The summed E-state index contributed by atoms with van der Waals surface area (Å²) < 4.78 is 23.5. The van der Waals surface area contributed by atoms with Gasteiger partial charge in [-0.15, -0.1) is 0 Å². The fourth-order valence-electron chi connectivity index (χ4n) is 4.15. The Morgan fingerprint density at radius 3 is 2.53 bits per heavy atom. The summed E-state index contributed by atoms with van der Waals surface area (Å²) in [5.41, 5.74) is 1.87. The number of hydrogen-bond donors (Lipinski definition) is 1. The zero-order chi connectivity index (χ0) is 27.2. The van der Waals surface area contributed by atoms with Crippen LogP contribution in [0.1, 0.15) is 37.9 Å². The highest BCUT2D eigenvalue weighted by atomic mass is 32.1. The largest absolute Gasteiger partial charge is 0.504 e. The topological polar surface area (TPSA) is 109 Å². The summed E-state index contributed by atoms with van der Waals surface area (Å²) in [5.74, 6) is 0.480. The van der Waals surface area contributed by atoms with E-state index in [1.54, 1.807) is 25.1 Å². The van der Waals surface area contributed by atoms with Crippen molar-refractivity contribution >= 4 is 23.4 Å². The van der Waals surface area contributed by atoms with E-state index in [0.29, 0.717) is 45.3 Å². The number of esters is 1. The van der Waals surface area contributed by atoms with Gasteiger partial charge in [0.05, 0.1) is 41.7 Å². The molecule has 0 spiro atoms. The summed E-state index contributed by atoms with van der Waals surface area (Å²) in [4.78, 5) is 32.0. The second-order valence-corrected chi connectivity index (χ2v) is 9.38. The summed E-state index contributed by atoms with van der Waals surface area (Å²) in [6.07, 6.45) is 1.72. The number of aromatic hydroxyl groups is 1. The lowest BCUT2D eigenvalue weighted by molar-refractivity contribution is -0.140.